The van der Waals surface area contributed by atoms with Crippen LogP contribution in [0.2, 0.25) is 5.28 Å². The van der Waals surface area contributed by atoms with Gasteiger partial charge in [-0.25, -0.2) is 9.97 Å². The first-order chi connectivity index (χ1) is 10.1. The standard InChI is InChI=1S/C14H16ClN3O2S/c15-14-17-12(16-7-3-6-10(19)20)11-8-4-1-2-5-9(8)21-13(11)18-14/h1-7H2,(H,19,20)(H,16,17,18). The van der Waals surface area contributed by atoms with Crippen LogP contribution in [0.25, 0.3) is 10.2 Å². The number of nitrogens with zero attached hydrogens (tertiary/aromatic N) is 2. The summed E-state index contributed by atoms with van der Waals surface area (Å²) in [6.45, 7) is 0.569. The number of aryl methyl sites for hydroxylation is 2. The van der Waals surface area contributed by atoms with Gasteiger partial charge in [-0.1, -0.05) is 0 Å². The van der Waals surface area contributed by atoms with E-state index < -0.39 is 5.97 Å². The molecule has 1 aliphatic rings. The SMILES string of the molecule is O=C(O)CCCNc1nc(Cl)nc2sc3c(c12)CCCC3. The van der Waals surface area contributed by atoms with Gasteiger partial charge in [-0.15, -0.1) is 11.3 Å². The van der Waals surface area contributed by atoms with Crippen molar-refractivity contribution >= 4 is 44.9 Å². The van der Waals surface area contributed by atoms with Gasteiger partial charge in [-0.2, -0.15) is 0 Å². The highest BCUT2D eigenvalue weighted by molar-refractivity contribution is 7.19. The average molecular weight is 326 g/mol. The quantitative estimate of drug-likeness (QED) is 0.650. The largest absolute Gasteiger partial charge is 0.481 e. The fraction of sp³-hybridized carbons (Fsp3) is 0.500. The molecule has 21 heavy (non-hydrogen) atoms. The first-order valence-corrected chi connectivity index (χ1v) is 8.28. The van der Waals surface area contributed by atoms with Crippen molar-refractivity contribution in [2.75, 3.05) is 11.9 Å². The molecule has 0 atom stereocenters. The van der Waals surface area contributed by atoms with E-state index in [1.165, 1.54) is 23.3 Å². The van der Waals surface area contributed by atoms with Crippen molar-refractivity contribution in [3.8, 4) is 0 Å². The smallest absolute Gasteiger partial charge is 0.303 e. The predicted molar refractivity (Wildman–Crippen MR) is 84.4 cm³/mol. The third-order valence-corrected chi connectivity index (χ3v) is 5.00. The van der Waals surface area contributed by atoms with Crippen molar-refractivity contribution < 1.29 is 9.90 Å². The number of fused-ring (bicyclic) bond motifs is 3. The van der Waals surface area contributed by atoms with Crippen LogP contribution in [0, 0.1) is 0 Å². The first-order valence-electron chi connectivity index (χ1n) is 7.08. The Kier molecular flexibility index (Phi) is 4.26. The van der Waals surface area contributed by atoms with Crippen LogP contribution in [0.1, 0.15) is 36.1 Å². The zero-order valence-corrected chi connectivity index (χ0v) is 13.1. The van der Waals surface area contributed by atoms with Gasteiger partial charge in [0.15, 0.2) is 0 Å². The van der Waals surface area contributed by atoms with E-state index in [0.717, 1.165) is 28.9 Å². The maximum Gasteiger partial charge on any atom is 0.303 e. The Morgan fingerprint density at radius 2 is 2.14 bits per heavy atom. The molecule has 0 amide bonds. The number of carboxylic acid groups (broad SMARTS) is 1. The molecule has 2 N–H and O–H groups in total. The van der Waals surface area contributed by atoms with Gasteiger partial charge in [0.1, 0.15) is 10.6 Å². The molecule has 7 heteroatoms. The molecule has 2 aromatic rings. The van der Waals surface area contributed by atoms with E-state index in [-0.39, 0.29) is 11.7 Å². The van der Waals surface area contributed by atoms with Crippen LogP contribution in [0.3, 0.4) is 0 Å². The van der Waals surface area contributed by atoms with Gasteiger partial charge in [-0.05, 0) is 49.3 Å². The second-order valence-corrected chi connectivity index (χ2v) is 6.58. The van der Waals surface area contributed by atoms with Crippen molar-refractivity contribution in [3.63, 3.8) is 0 Å². The molecule has 0 fully saturated rings. The summed E-state index contributed by atoms with van der Waals surface area (Å²) >= 11 is 7.70. The molecule has 1 aliphatic carbocycles. The number of anilines is 1. The molecule has 2 aromatic heterocycles. The van der Waals surface area contributed by atoms with Gasteiger partial charge < -0.3 is 10.4 Å². The lowest BCUT2D eigenvalue weighted by Gasteiger charge is -2.12. The first kappa shape index (κ1) is 14.5. The molecule has 0 aliphatic heterocycles. The summed E-state index contributed by atoms with van der Waals surface area (Å²) < 4.78 is 0. The van der Waals surface area contributed by atoms with E-state index in [9.17, 15) is 4.79 Å². The van der Waals surface area contributed by atoms with Crippen molar-refractivity contribution in [1.29, 1.82) is 0 Å². The van der Waals surface area contributed by atoms with Gasteiger partial charge in [-0.3, -0.25) is 4.79 Å². The predicted octanol–water partition coefficient (Wildman–Crippen LogP) is 3.50. The van der Waals surface area contributed by atoms with Crippen LogP contribution in [0.4, 0.5) is 5.82 Å². The lowest BCUT2D eigenvalue weighted by molar-refractivity contribution is -0.137. The highest BCUT2D eigenvalue weighted by atomic mass is 35.5. The molecule has 112 valence electrons. The van der Waals surface area contributed by atoms with Crippen molar-refractivity contribution in [2.45, 2.75) is 38.5 Å². The lowest BCUT2D eigenvalue weighted by Crippen LogP contribution is -2.08. The number of carbonyl (C=O) groups is 1. The molecule has 0 saturated heterocycles. The third-order valence-electron chi connectivity index (χ3n) is 3.65. The second kappa shape index (κ2) is 6.15. The van der Waals surface area contributed by atoms with E-state index >= 15 is 0 Å². The van der Waals surface area contributed by atoms with Crippen LogP contribution < -0.4 is 5.32 Å². The summed E-state index contributed by atoms with van der Waals surface area (Å²) in [5, 5.41) is 13.2. The number of hydrogen-bond donors (Lipinski definition) is 2. The van der Waals surface area contributed by atoms with Crippen LogP contribution in [-0.4, -0.2) is 27.6 Å². The zero-order valence-electron chi connectivity index (χ0n) is 11.5. The zero-order chi connectivity index (χ0) is 14.8. The molecule has 5 nitrogen and oxygen atoms in total. The summed E-state index contributed by atoms with van der Waals surface area (Å²) in [6.07, 6.45) is 5.29. The number of aliphatic carboxylic acids is 1. The maximum absolute atomic E-state index is 10.6. The average Bonchev–Trinajstić information content (AvgIpc) is 2.81. The summed E-state index contributed by atoms with van der Waals surface area (Å²) in [5.41, 5.74) is 1.35. The highest BCUT2D eigenvalue weighted by Crippen LogP contribution is 2.39. The summed E-state index contributed by atoms with van der Waals surface area (Å²) in [7, 11) is 0. The Morgan fingerprint density at radius 3 is 2.95 bits per heavy atom. The fourth-order valence-electron chi connectivity index (χ4n) is 2.71. The molecule has 0 saturated carbocycles. The molecule has 0 bridgehead atoms. The number of thiophene rings is 1. The third kappa shape index (κ3) is 3.11. The van der Waals surface area contributed by atoms with Gasteiger partial charge in [0.2, 0.25) is 5.28 Å². The molecule has 0 aromatic carbocycles. The van der Waals surface area contributed by atoms with Gasteiger partial charge in [0.05, 0.1) is 5.39 Å². The van der Waals surface area contributed by atoms with Gasteiger partial charge in [0.25, 0.3) is 0 Å². The maximum atomic E-state index is 10.6. The number of rotatable bonds is 5. The van der Waals surface area contributed by atoms with Crippen molar-refractivity contribution in [2.24, 2.45) is 0 Å². The van der Waals surface area contributed by atoms with Crippen molar-refractivity contribution in [3.05, 3.63) is 15.7 Å². The summed E-state index contributed by atoms with van der Waals surface area (Å²) in [5.74, 6) is -0.0367. The molecule has 2 heterocycles. The Hall–Kier alpha value is -1.40. The summed E-state index contributed by atoms with van der Waals surface area (Å²) in [6, 6.07) is 0. The Bertz CT molecular complexity index is 686. The molecule has 0 spiro atoms. The highest BCUT2D eigenvalue weighted by Gasteiger charge is 2.20. The van der Waals surface area contributed by atoms with Crippen LogP contribution in [0.15, 0.2) is 0 Å². The van der Waals surface area contributed by atoms with E-state index in [0.29, 0.717) is 13.0 Å². The Morgan fingerprint density at radius 1 is 1.33 bits per heavy atom. The van der Waals surface area contributed by atoms with Gasteiger partial charge in [0, 0.05) is 17.8 Å². The molecule has 0 unspecified atom stereocenters. The Labute approximate surface area is 131 Å². The van der Waals surface area contributed by atoms with Crippen molar-refractivity contribution in [1.82, 2.24) is 9.97 Å². The van der Waals surface area contributed by atoms with E-state index in [2.05, 4.69) is 15.3 Å². The number of hydrogen-bond acceptors (Lipinski definition) is 5. The number of halogens is 1. The minimum atomic E-state index is -0.782. The lowest BCUT2D eigenvalue weighted by atomic mass is 9.97. The minimum Gasteiger partial charge on any atom is -0.481 e. The minimum absolute atomic E-state index is 0.150. The molecular weight excluding hydrogens is 310 g/mol. The van der Waals surface area contributed by atoms with Gasteiger partial charge >= 0.3 is 5.97 Å². The van der Waals surface area contributed by atoms with Crippen LogP contribution >= 0.6 is 22.9 Å². The number of nitrogens with one attached hydrogen (secondary N) is 1. The monoisotopic (exact) mass is 325 g/mol. The molecule has 0 radical (unpaired) electrons. The topological polar surface area (TPSA) is 75.1 Å². The number of carboxylic acids is 1. The van der Waals surface area contributed by atoms with Crippen LogP contribution in [0.5, 0.6) is 0 Å². The second-order valence-electron chi connectivity index (χ2n) is 5.16. The number of aromatic nitrogens is 2. The van der Waals surface area contributed by atoms with E-state index in [1.807, 2.05) is 0 Å². The normalized spacial score (nSPS) is 14.1. The summed E-state index contributed by atoms with van der Waals surface area (Å²) in [4.78, 5) is 21.5. The van der Waals surface area contributed by atoms with E-state index in [1.54, 1.807) is 11.3 Å². The molecular formula is C14H16ClN3O2S. The Balaban J connectivity index is 1.89. The van der Waals surface area contributed by atoms with Crippen LogP contribution in [-0.2, 0) is 17.6 Å². The fourth-order valence-corrected chi connectivity index (χ4v) is 4.19. The molecule has 3 rings (SSSR count). The van der Waals surface area contributed by atoms with E-state index in [4.69, 9.17) is 16.7 Å².